The minimum atomic E-state index is -1.52. The molecule has 0 aromatic heterocycles. The second kappa shape index (κ2) is 9.57. The van der Waals surface area contributed by atoms with E-state index < -0.39 is 8.07 Å². The van der Waals surface area contributed by atoms with E-state index in [9.17, 15) is 4.79 Å². The molecule has 2 nitrogen and oxygen atoms in total. The largest absolute Gasteiger partial charge is 0.465 e. The number of esters is 1. The van der Waals surface area contributed by atoms with Crippen LogP contribution in [0.2, 0.25) is 18.1 Å². The van der Waals surface area contributed by atoms with Gasteiger partial charge in [0.2, 0.25) is 0 Å². The molecule has 25 heavy (non-hydrogen) atoms. The van der Waals surface area contributed by atoms with E-state index in [4.69, 9.17) is 4.74 Å². The summed E-state index contributed by atoms with van der Waals surface area (Å²) in [5, 5.41) is 0. The molecule has 0 aliphatic rings. The molecule has 0 fully saturated rings. The van der Waals surface area contributed by atoms with E-state index in [1.807, 2.05) is 30.3 Å². The number of benzene rings is 2. The Labute approximate surface area is 153 Å². The average Bonchev–Trinajstić information content (AvgIpc) is 2.67. The molecule has 0 bridgehead atoms. The highest BCUT2D eigenvalue weighted by Crippen LogP contribution is 2.36. The number of hydrogen-bond donors (Lipinski definition) is 0. The molecule has 0 aliphatic carbocycles. The first-order valence-electron chi connectivity index (χ1n) is 9.39. The van der Waals surface area contributed by atoms with Crippen LogP contribution in [0.4, 0.5) is 0 Å². The number of rotatable bonds is 9. The van der Waals surface area contributed by atoms with Crippen LogP contribution in [-0.4, -0.2) is 20.7 Å². The summed E-state index contributed by atoms with van der Waals surface area (Å²) in [5.74, 6) is -0.127. The Morgan fingerprint density at radius 2 is 1.40 bits per heavy atom. The third-order valence-electron chi connectivity index (χ3n) is 5.66. The van der Waals surface area contributed by atoms with Gasteiger partial charge in [-0.2, -0.15) is 0 Å². The Hall–Kier alpha value is -1.87. The molecule has 0 radical (unpaired) electrons. The van der Waals surface area contributed by atoms with Crippen LogP contribution in [0.3, 0.4) is 0 Å². The topological polar surface area (TPSA) is 26.3 Å². The van der Waals surface area contributed by atoms with Crippen LogP contribution < -0.4 is 0 Å². The average molecular weight is 355 g/mol. The summed E-state index contributed by atoms with van der Waals surface area (Å²) < 4.78 is 5.77. The van der Waals surface area contributed by atoms with Crippen LogP contribution >= 0.6 is 0 Å². The van der Waals surface area contributed by atoms with Crippen LogP contribution in [0.1, 0.15) is 37.4 Å². The fourth-order valence-corrected chi connectivity index (χ4v) is 8.11. The summed E-state index contributed by atoms with van der Waals surface area (Å²) in [6.07, 6.45) is 0.348. The lowest BCUT2D eigenvalue weighted by molar-refractivity contribution is -0.142. The van der Waals surface area contributed by atoms with E-state index in [2.05, 4.69) is 51.1 Å². The first kappa shape index (κ1) is 19.5. The van der Waals surface area contributed by atoms with Crippen molar-refractivity contribution >= 4 is 14.0 Å². The van der Waals surface area contributed by atoms with Gasteiger partial charge in [0.1, 0.15) is 0 Å². The maximum Gasteiger partial charge on any atom is 0.310 e. The maximum absolute atomic E-state index is 12.3. The molecule has 0 aliphatic heterocycles. The van der Waals surface area contributed by atoms with Gasteiger partial charge < -0.3 is 4.74 Å². The zero-order chi connectivity index (χ0) is 18.1. The molecule has 1 atom stereocenters. The van der Waals surface area contributed by atoms with Crippen LogP contribution in [0.15, 0.2) is 60.7 Å². The zero-order valence-corrected chi connectivity index (χ0v) is 16.7. The normalized spacial score (nSPS) is 12.6. The van der Waals surface area contributed by atoms with Gasteiger partial charge in [0, 0.05) is 5.54 Å². The molecule has 2 aromatic rings. The predicted octanol–water partition coefficient (Wildman–Crippen LogP) is 5.60. The monoisotopic (exact) mass is 354 g/mol. The first-order chi connectivity index (χ1) is 12.1. The highest BCUT2D eigenvalue weighted by Gasteiger charge is 2.38. The van der Waals surface area contributed by atoms with Crippen molar-refractivity contribution in [3.63, 3.8) is 0 Å². The van der Waals surface area contributed by atoms with Crippen LogP contribution in [0, 0.1) is 0 Å². The van der Waals surface area contributed by atoms with E-state index >= 15 is 0 Å². The van der Waals surface area contributed by atoms with Crippen molar-refractivity contribution in [1.82, 2.24) is 0 Å². The van der Waals surface area contributed by atoms with Gasteiger partial charge in [-0.15, -0.1) is 0 Å². The molecule has 0 heterocycles. The Kier molecular flexibility index (Phi) is 7.45. The van der Waals surface area contributed by atoms with Gasteiger partial charge in [0.05, 0.1) is 21.1 Å². The molecule has 0 N–H and O–H groups in total. The summed E-state index contributed by atoms with van der Waals surface area (Å²) in [4.78, 5) is 12.3. The van der Waals surface area contributed by atoms with Crippen molar-refractivity contribution in [3.8, 4) is 0 Å². The smallest absolute Gasteiger partial charge is 0.310 e. The molecular weight excluding hydrogens is 324 g/mol. The van der Waals surface area contributed by atoms with Crippen LogP contribution in [0.25, 0.3) is 0 Å². The Bertz CT molecular complexity index is 627. The quantitative estimate of drug-likeness (QED) is 0.432. The summed E-state index contributed by atoms with van der Waals surface area (Å²) in [6, 6.07) is 24.1. The minimum absolute atomic E-state index is 0.127. The summed E-state index contributed by atoms with van der Waals surface area (Å²) in [7, 11) is -1.52. The summed E-state index contributed by atoms with van der Waals surface area (Å²) in [5.41, 5.74) is 2.70. The second-order valence-electron chi connectivity index (χ2n) is 6.73. The first-order valence-corrected chi connectivity index (χ1v) is 12.1. The lowest BCUT2D eigenvalue weighted by atomic mass is 10.1. The molecule has 134 valence electrons. The molecule has 0 amide bonds. The lowest BCUT2D eigenvalue weighted by Crippen LogP contribution is -2.42. The van der Waals surface area contributed by atoms with Crippen molar-refractivity contribution in [1.29, 1.82) is 0 Å². The maximum atomic E-state index is 12.3. The third-order valence-corrected chi connectivity index (χ3v) is 11.9. The molecular formula is C22H30O2Si. The number of carbonyl (C=O) groups excluding carboxylic acids is 1. The predicted molar refractivity (Wildman–Crippen MR) is 107 cm³/mol. The second-order valence-corrected chi connectivity index (χ2v) is 12.3. The number of ether oxygens (including phenoxy) is 1. The molecule has 2 aromatic carbocycles. The van der Waals surface area contributed by atoms with Crippen molar-refractivity contribution in [2.75, 3.05) is 6.61 Å². The number of hydrogen-bond acceptors (Lipinski definition) is 2. The standard InChI is InChI=1S/C22H30O2Si/c1-4-25(5-2,6-3)21(20-15-11-8-12-16-20)18-24-22(23)17-19-13-9-7-10-14-19/h7-16,21H,4-6,17-18H2,1-3H3. The van der Waals surface area contributed by atoms with E-state index in [-0.39, 0.29) is 5.97 Å². The highest BCUT2D eigenvalue weighted by molar-refractivity contribution is 6.81. The molecule has 0 saturated heterocycles. The zero-order valence-electron chi connectivity index (χ0n) is 15.7. The van der Waals surface area contributed by atoms with Gasteiger partial charge in [0.25, 0.3) is 0 Å². The highest BCUT2D eigenvalue weighted by atomic mass is 28.3. The Morgan fingerprint density at radius 1 is 0.880 bits per heavy atom. The fraction of sp³-hybridized carbons (Fsp3) is 0.409. The molecule has 0 spiro atoms. The number of carbonyl (C=O) groups is 1. The molecule has 3 heteroatoms. The van der Waals surface area contributed by atoms with Gasteiger partial charge >= 0.3 is 5.97 Å². The molecule has 2 rings (SSSR count). The van der Waals surface area contributed by atoms with Gasteiger partial charge in [0.15, 0.2) is 0 Å². The SMILES string of the molecule is CC[Si](CC)(CC)C(COC(=O)Cc1ccccc1)c1ccccc1. The van der Waals surface area contributed by atoms with E-state index in [0.29, 0.717) is 18.6 Å². The van der Waals surface area contributed by atoms with Crippen molar-refractivity contribution in [3.05, 3.63) is 71.8 Å². The van der Waals surface area contributed by atoms with Crippen molar-refractivity contribution < 1.29 is 9.53 Å². The van der Waals surface area contributed by atoms with E-state index in [1.165, 1.54) is 23.7 Å². The van der Waals surface area contributed by atoms with Gasteiger partial charge in [-0.3, -0.25) is 4.79 Å². The van der Waals surface area contributed by atoms with Gasteiger partial charge in [-0.05, 0) is 11.1 Å². The van der Waals surface area contributed by atoms with Gasteiger partial charge in [-0.1, -0.05) is 99.6 Å². The van der Waals surface area contributed by atoms with E-state index in [1.54, 1.807) is 0 Å². The van der Waals surface area contributed by atoms with Crippen molar-refractivity contribution in [2.45, 2.75) is 50.9 Å². The van der Waals surface area contributed by atoms with Crippen molar-refractivity contribution in [2.24, 2.45) is 0 Å². The molecule has 0 saturated carbocycles. The van der Waals surface area contributed by atoms with Gasteiger partial charge in [-0.25, -0.2) is 0 Å². The Morgan fingerprint density at radius 3 is 1.92 bits per heavy atom. The Balaban J connectivity index is 2.12. The van der Waals surface area contributed by atoms with E-state index in [0.717, 1.165) is 5.56 Å². The summed E-state index contributed by atoms with van der Waals surface area (Å²) in [6.45, 7) is 7.43. The third kappa shape index (κ3) is 5.05. The fourth-order valence-electron chi connectivity index (χ4n) is 3.79. The van der Waals surface area contributed by atoms with Crippen LogP contribution in [-0.2, 0) is 16.0 Å². The summed E-state index contributed by atoms with van der Waals surface area (Å²) >= 11 is 0. The van der Waals surface area contributed by atoms with Crippen LogP contribution in [0.5, 0.6) is 0 Å². The lowest BCUT2D eigenvalue weighted by Gasteiger charge is -2.37. The minimum Gasteiger partial charge on any atom is -0.465 e. The molecule has 1 unspecified atom stereocenters.